The second-order valence-corrected chi connectivity index (χ2v) is 6.70. The van der Waals surface area contributed by atoms with E-state index in [4.69, 9.17) is 0 Å². The Balaban J connectivity index is 3.18. The minimum absolute atomic E-state index is 0.357. The fourth-order valence-corrected chi connectivity index (χ4v) is 3.57. The largest absolute Gasteiger partial charge is 0.481 e. The van der Waals surface area contributed by atoms with Crippen molar-refractivity contribution >= 4 is 13.3 Å². The Morgan fingerprint density at radius 2 is 1.88 bits per heavy atom. The van der Waals surface area contributed by atoms with Crippen LogP contribution in [0.15, 0.2) is 30.3 Å². The van der Waals surface area contributed by atoms with Gasteiger partial charge in [-0.15, -0.1) is 0 Å². The van der Waals surface area contributed by atoms with Crippen molar-refractivity contribution in [1.29, 1.82) is 0 Å². The molecule has 0 spiro atoms. The summed E-state index contributed by atoms with van der Waals surface area (Å²) in [6, 6.07) is 8.61. The summed E-state index contributed by atoms with van der Waals surface area (Å²) < 4.78 is 11.8. The lowest BCUT2D eigenvalue weighted by molar-refractivity contribution is -0.138. The van der Waals surface area contributed by atoms with Crippen LogP contribution in [-0.2, 0) is 9.36 Å². The number of rotatable bonds is 5. The Bertz CT molecular complexity index is 423. The topological polar surface area (TPSA) is 74.6 Å². The second-order valence-electron chi connectivity index (χ2n) is 4.15. The molecule has 5 heteroatoms. The van der Waals surface area contributed by atoms with E-state index in [2.05, 4.69) is 0 Å². The molecule has 1 aromatic carbocycles. The third-order valence-electron chi connectivity index (χ3n) is 2.84. The fourth-order valence-electron chi connectivity index (χ4n) is 2.04. The van der Waals surface area contributed by atoms with Gasteiger partial charge in [-0.25, -0.2) is 0 Å². The molecule has 3 atom stereocenters. The number of aliphatic carboxylic acids is 1. The number of hydrogen-bond donors (Lipinski definition) is 2. The Morgan fingerprint density at radius 3 is 2.24 bits per heavy atom. The van der Waals surface area contributed by atoms with Crippen LogP contribution in [0.2, 0.25) is 0 Å². The molecule has 0 saturated carbocycles. The SMILES string of the molecule is CCC(C(C(=O)O)c1ccccc1)P(C)(=O)O. The van der Waals surface area contributed by atoms with E-state index in [0.29, 0.717) is 12.0 Å². The van der Waals surface area contributed by atoms with E-state index in [0.717, 1.165) is 0 Å². The monoisotopic (exact) mass is 256 g/mol. The van der Waals surface area contributed by atoms with E-state index in [1.54, 1.807) is 37.3 Å². The van der Waals surface area contributed by atoms with Crippen molar-refractivity contribution in [3.05, 3.63) is 35.9 Å². The molecule has 0 aliphatic heterocycles. The molecule has 0 bridgehead atoms. The van der Waals surface area contributed by atoms with Gasteiger partial charge in [0.25, 0.3) is 0 Å². The van der Waals surface area contributed by atoms with Crippen LogP contribution in [0.3, 0.4) is 0 Å². The van der Waals surface area contributed by atoms with Crippen molar-refractivity contribution < 1.29 is 19.4 Å². The highest BCUT2D eigenvalue weighted by Gasteiger charge is 2.37. The van der Waals surface area contributed by atoms with E-state index in [-0.39, 0.29) is 0 Å². The van der Waals surface area contributed by atoms with E-state index < -0.39 is 24.9 Å². The maximum atomic E-state index is 11.8. The summed E-state index contributed by atoms with van der Waals surface area (Å²) in [6.45, 7) is 2.95. The minimum atomic E-state index is -3.43. The molecule has 3 unspecified atom stereocenters. The molecule has 0 aromatic heterocycles. The molecular formula is C12H17O4P. The van der Waals surface area contributed by atoms with E-state index in [1.807, 2.05) is 0 Å². The molecule has 4 nitrogen and oxygen atoms in total. The third kappa shape index (κ3) is 3.42. The van der Waals surface area contributed by atoms with Gasteiger partial charge in [0, 0.05) is 6.66 Å². The smallest absolute Gasteiger partial charge is 0.311 e. The number of hydrogen-bond acceptors (Lipinski definition) is 2. The molecule has 1 aromatic rings. The summed E-state index contributed by atoms with van der Waals surface area (Å²) in [5.41, 5.74) is -0.176. The average Bonchev–Trinajstić information content (AvgIpc) is 2.24. The third-order valence-corrected chi connectivity index (χ3v) is 4.74. The molecule has 0 aliphatic carbocycles. The maximum absolute atomic E-state index is 11.8. The van der Waals surface area contributed by atoms with Crippen LogP contribution in [0.5, 0.6) is 0 Å². The number of carbonyl (C=O) groups is 1. The quantitative estimate of drug-likeness (QED) is 0.794. The highest BCUT2D eigenvalue weighted by Crippen LogP contribution is 2.50. The van der Waals surface area contributed by atoms with E-state index >= 15 is 0 Å². The molecule has 0 aliphatic rings. The normalized spacial score (nSPS) is 18.1. The molecule has 1 rings (SSSR count). The van der Waals surface area contributed by atoms with Gasteiger partial charge in [0.1, 0.15) is 0 Å². The molecule has 0 heterocycles. The van der Waals surface area contributed by atoms with Crippen LogP contribution in [0.1, 0.15) is 24.8 Å². The van der Waals surface area contributed by atoms with Crippen molar-refractivity contribution in [2.75, 3.05) is 6.66 Å². The average molecular weight is 256 g/mol. The molecule has 94 valence electrons. The first-order valence-electron chi connectivity index (χ1n) is 5.45. The Labute approximate surface area is 101 Å². The summed E-state index contributed by atoms with van der Waals surface area (Å²) >= 11 is 0. The summed E-state index contributed by atoms with van der Waals surface area (Å²) in [7, 11) is -3.43. The summed E-state index contributed by atoms with van der Waals surface area (Å²) in [5, 5.41) is 9.26. The van der Waals surface area contributed by atoms with Gasteiger partial charge in [0.05, 0.1) is 11.6 Å². The van der Waals surface area contributed by atoms with Gasteiger partial charge in [-0.05, 0) is 12.0 Å². The van der Waals surface area contributed by atoms with Crippen molar-refractivity contribution in [2.24, 2.45) is 0 Å². The highest BCUT2D eigenvalue weighted by atomic mass is 31.2. The zero-order valence-corrected chi connectivity index (χ0v) is 10.8. The predicted molar refractivity (Wildman–Crippen MR) is 66.6 cm³/mol. The highest BCUT2D eigenvalue weighted by molar-refractivity contribution is 7.58. The Kier molecular flexibility index (Phi) is 4.49. The molecule has 0 fully saturated rings. The summed E-state index contributed by atoms with van der Waals surface area (Å²) in [6.07, 6.45) is 0.357. The first-order chi connectivity index (χ1) is 7.88. The predicted octanol–water partition coefficient (Wildman–Crippen LogP) is 2.53. The summed E-state index contributed by atoms with van der Waals surface area (Å²) in [4.78, 5) is 21.0. The van der Waals surface area contributed by atoms with Crippen LogP contribution >= 0.6 is 7.37 Å². The van der Waals surface area contributed by atoms with Gasteiger partial charge in [-0.1, -0.05) is 37.3 Å². The fraction of sp³-hybridized carbons (Fsp3) is 0.417. The molecule has 0 amide bonds. The second kappa shape index (κ2) is 5.48. The van der Waals surface area contributed by atoms with Crippen LogP contribution in [0.25, 0.3) is 0 Å². The van der Waals surface area contributed by atoms with Crippen LogP contribution in [-0.4, -0.2) is 28.3 Å². The number of carboxylic acids is 1. The first-order valence-corrected chi connectivity index (χ1v) is 7.63. The number of carboxylic acid groups (broad SMARTS) is 1. The minimum Gasteiger partial charge on any atom is -0.481 e. The van der Waals surface area contributed by atoms with Gasteiger partial charge < -0.3 is 10.00 Å². The van der Waals surface area contributed by atoms with Gasteiger partial charge >= 0.3 is 5.97 Å². The van der Waals surface area contributed by atoms with Gasteiger partial charge in [-0.2, -0.15) is 0 Å². The van der Waals surface area contributed by atoms with Crippen LogP contribution in [0.4, 0.5) is 0 Å². The van der Waals surface area contributed by atoms with E-state index in [1.165, 1.54) is 6.66 Å². The van der Waals surface area contributed by atoms with Crippen molar-refractivity contribution in [1.82, 2.24) is 0 Å². The first kappa shape index (κ1) is 13.9. The lowest BCUT2D eigenvalue weighted by Crippen LogP contribution is -2.25. The Morgan fingerprint density at radius 1 is 1.35 bits per heavy atom. The molecule has 2 N–H and O–H groups in total. The lowest BCUT2D eigenvalue weighted by atomic mass is 9.94. The van der Waals surface area contributed by atoms with Gasteiger partial charge in [0.2, 0.25) is 7.37 Å². The lowest BCUT2D eigenvalue weighted by Gasteiger charge is -2.25. The Hall–Kier alpha value is -1.12. The molecule has 0 saturated heterocycles. The standard InChI is InChI=1S/C12H17O4P/c1-3-10(17(2,15)16)11(12(13)14)9-7-5-4-6-8-9/h4-8,10-11H,3H2,1-2H3,(H,13,14)(H,15,16). The summed E-state index contributed by atoms with van der Waals surface area (Å²) in [5.74, 6) is -1.98. The van der Waals surface area contributed by atoms with Crippen molar-refractivity contribution in [3.8, 4) is 0 Å². The zero-order valence-electron chi connectivity index (χ0n) is 9.91. The number of benzene rings is 1. The van der Waals surface area contributed by atoms with Crippen LogP contribution < -0.4 is 0 Å². The molecular weight excluding hydrogens is 239 g/mol. The van der Waals surface area contributed by atoms with E-state index in [9.17, 15) is 19.4 Å². The zero-order chi connectivity index (χ0) is 13.1. The van der Waals surface area contributed by atoms with Gasteiger partial charge in [-0.3, -0.25) is 9.36 Å². The van der Waals surface area contributed by atoms with Crippen molar-refractivity contribution in [3.63, 3.8) is 0 Å². The molecule has 17 heavy (non-hydrogen) atoms. The van der Waals surface area contributed by atoms with Crippen molar-refractivity contribution in [2.45, 2.75) is 24.9 Å². The van der Waals surface area contributed by atoms with Crippen LogP contribution in [0, 0.1) is 0 Å². The molecule has 0 radical (unpaired) electrons. The van der Waals surface area contributed by atoms with Gasteiger partial charge in [0.15, 0.2) is 0 Å². The maximum Gasteiger partial charge on any atom is 0.311 e.